The summed E-state index contributed by atoms with van der Waals surface area (Å²) in [6.45, 7) is 0.873. The van der Waals surface area contributed by atoms with Gasteiger partial charge in [-0.25, -0.2) is 4.98 Å². The molecule has 1 aliphatic heterocycles. The Morgan fingerprint density at radius 1 is 1.17 bits per heavy atom. The number of amides is 1. The summed E-state index contributed by atoms with van der Waals surface area (Å²) in [5.41, 5.74) is 2.17. The second-order valence-electron chi connectivity index (χ2n) is 6.79. The van der Waals surface area contributed by atoms with E-state index in [0.717, 1.165) is 42.9 Å². The minimum Gasteiger partial charge on any atom is -0.340 e. The van der Waals surface area contributed by atoms with Crippen LogP contribution in [0.2, 0.25) is 0 Å². The molecule has 1 saturated heterocycles. The molecule has 2 fully saturated rings. The highest BCUT2D eigenvalue weighted by molar-refractivity contribution is 5.77. The molecule has 1 atom stereocenters. The Morgan fingerprint density at radius 3 is 2.78 bits per heavy atom. The number of likely N-dealkylation sites (tertiary alicyclic amines) is 1. The van der Waals surface area contributed by atoms with Crippen LogP contribution in [0.4, 0.5) is 0 Å². The largest absolute Gasteiger partial charge is 0.340 e. The molecular formula is C19H23N3O. The number of imidazole rings is 1. The van der Waals surface area contributed by atoms with E-state index < -0.39 is 0 Å². The number of benzene rings is 1. The monoisotopic (exact) mass is 309 g/mol. The van der Waals surface area contributed by atoms with E-state index in [2.05, 4.69) is 27.0 Å². The van der Waals surface area contributed by atoms with Crippen molar-refractivity contribution in [2.75, 3.05) is 6.54 Å². The van der Waals surface area contributed by atoms with Crippen LogP contribution < -0.4 is 0 Å². The first-order valence-corrected chi connectivity index (χ1v) is 8.71. The van der Waals surface area contributed by atoms with Crippen LogP contribution in [0.15, 0.2) is 36.5 Å². The Labute approximate surface area is 136 Å². The summed E-state index contributed by atoms with van der Waals surface area (Å²) in [6, 6.07) is 10.3. The summed E-state index contributed by atoms with van der Waals surface area (Å²) in [7, 11) is 0. The van der Waals surface area contributed by atoms with Crippen LogP contribution in [0.25, 0.3) is 11.3 Å². The van der Waals surface area contributed by atoms with Gasteiger partial charge in [-0.1, -0.05) is 30.3 Å². The molecule has 1 aliphatic carbocycles. The molecule has 4 nitrogen and oxygen atoms in total. The van der Waals surface area contributed by atoms with Crippen molar-refractivity contribution in [1.29, 1.82) is 0 Å². The molecule has 0 spiro atoms. The minimum atomic E-state index is 0.118. The second kappa shape index (κ2) is 6.19. The normalized spacial score (nSPS) is 21.4. The van der Waals surface area contributed by atoms with Gasteiger partial charge < -0.3 is 9.88 Å². The number of nitrogens with zero attached hydrogens (tertiary/aromatic N) is 2. The number of aromatic nitrogens is 2. The van der Waals surface area contributed by atoms with Crippen LogP contribution in [0.5, 0.6) is 0 Å². The molecule has 23 heavy (non-hydrogen) atoms. The van der Waals surface area contributed by atoms with Crippen LogP contribution in [0.3, 0.4) is 0 Å². The molecule has 1 N–H and O–H groups in total. The van der Waals surface area contributed by atoms with Gasteiger partial charge in [0.25, 0.3) is 0 Å². The van der Waals surface area contributed by atoms with Gasteiger partial charge in [0.2, 0.25) is 5.91 Å². The molecule has 4 heteroatoms. The Bertz CT molecular complexity index is 675. The van der Waals surface area contributed by atoms with Gasteiger partial charge in [-0.05, 0) is 43.6 Å². The average Bonchev–Trinajstić information content (AvgIpc) is 3.27. The van der Waals surface area contributed by atoms with E-state index in [1.165, 1.54) is 19.3 Å². The van der Waals surface area contributed by atoms with E-state index in [-0.39, 0.29) is 6.04 Å². The molecule has 0 bridgehead atoms. The van der Waals surface area contributed by atoms with Crippen molar-refractivity contribution in [3.8, 4) is 11.3 Å². The van der Waals surface area contributed by atoms with Crippen LogP contribution in [0.1, 0.15) is 50.4 Å². The summed E-state index contributed by atoms with van der Waals surface area (Å²) in [6.07, 6.45) is 8.36. The molecule has 2 aliphatic rings. The van der Waals surface area contributed by atoms with E-state index in [4.69, 9.17) is 0 Å². The highest BCUT2D eigenvalue weighted by Crippen LogP contribution is 2.36. The zero-order valence-corrected chi connectivity index (χ0v) is 13.4. The van der Waals surface area contributed by atoms with Gasteiger partial charge in [-0.2, -0.15) is 0 Å². The fourth-order valence-electron chi connectivity index (χ4n) is 3.47. The first-order chi connectivity index (χ1) is 11.3. The third-order valence-corrected chi connectivity index (χ3v) is 4.98. The van der Waals surface area contributed by atoms with Crippen LogP contribution in [-0.2, 0) is 4.79 Å². The summed E-state index contributed by atoms with van der Waals surface area (Å²) in [4.78, 5) is 22.7. The predicted octanol–water partition coefficient (Wildman–Crippen LogP) is 3.93. The summed E-state index contributed by atoms with van der Waals surface area (Å²) in [5.74, 6) is 1.89. The first kappa shape index (κ1) is 14.5. The maximum atomic E-state index is 12.6. The van der Waals surface area contributed by atoms with Crippen molar-refractivity contribution in [3.63, 3.8) is 0 Å². The number of nitrogens with one attached hydrogen (secondary N) is 1. The van der Waals surface area contributed by atoms with Gasteiger partial charge in [0.1, 0.15) is 5.82 Å². The Hall–Kier alpha value is -2.10. The lowest BCUT2D eigenvalue weighted by molar-refractivity contribution is -0.135. The molecule has 1 saturated carbocycles. The highest BCUT2D eigenvalue weighted by Gasteiger charge is 2.33. The zero-order valence-electron chi connectivity index (χ0n) is 13.4. The number of carbonyl (C=O) groups is 1. The SMILES string of the molecule is O=C(CC1CC1)N1CCCCC1c1ncc(-c2ccccc2)[nH]1. The third-order valence-electron chi connectivity index (χ3n) is 4.98. The molecule has 1 amide bonds. The molecule has 2 heterocycles. The number of hydrogen-bond donors (Lipinski definition) is 1. The number of piperidine rings is 1. The number of hydrogen-bond acceptors (Lipinski definition) is 2. The lowest BCUT2D eigenvalue weighted by Gasteiger charge is -2.34. The van der Waals surface area contributed by atoms with Crippen molar-refractivity contribution >= 4 is 5.91 Å². The number of rotatable bonds is 4. The molecule has 120 valence electrons. The van der Waals surface area contributed by atoms with E-state index in [9.17, 15) is 4.79 Å². The number of H-pyrrole nitrogens is 1. The predicted molar refractivity (Wildman–Crippen MR) is 89.7 cm³/mol. The number of aromatic amines is 1. The fraction of sp³-hybridized carbons (Fsp3) is 0.474. The average molecular weight is 309 g/mol. The quantitative estimate of drug-likeness (QED) is 0.930. The van der Waals surface area contributed by atoms with Gasteiger partial charge >= 0.3 is 0 Å². The maximum absolute atomic E-state index is 12.6. The molecule has 1 aromatic carbocycles. The Balaban J connectivity index is 1.55. The van der Waals surface area contributed by atoms with E-state index in [0.29, 0.717) is 11.8 Å². The highest BCUT2D eigenvalue weighted by atomic mass is 16.2. The van der Waals surface area contributed by atoms with Gasteiger partial charge in [0, 0.05) is 13.0 Å². The van der Waals surface area contributed by atoms with Crippen molar-refractivity contribution in [3.05, 3.63) is 42.4 Å². The van der Waals surface area contributed by atoms with E-state index in [1.807, 2.05) is 24.4 Å². The van der Waals surface area contributed by atoms with Crippen LogP contribution >= 0.6 is 0 Å². The van der Waals surface area contributed by atoms with Gasteiger partial charge in [0.15, 0.2) is 0 Å². The van der Waals surface area contributed by atoms with Crippen LogP contribution in [0, 0.1) is 5.92 Å². The second-order valence-corrected chi connectivity index (χ2v) is 6.79. The zero-order chi connectivity index (χ0) is 15.6. The lowest BCUT2D eigenvalue weighted by atomic mass is 10.0. The van der Waals surface area contributed by atoms with Crippen molar-refractivity contribution in [2.45, 2.75) is 44.6 Å². The van der Waals surface area contributed by atoms with Crippen molar-refractivity contribution in [2.24, 2.45) is 5.92 Å². The van der Waals surface area contributed by atoms with Gasteiger partial charge in [0.05, 0.1) is 17.9 Å². The van der Waals surface area contributed by atoms with Crippen LogP contribution in [-0.4, -0.2) is 27.3 Å². The molecule has 1 unspecified atom stereocenters. The topological polar surface area (TPSA) is 49.0 Å². The van der Waals surface area contributed by atoms with Crippen molar-refractivity contribution in [1.82, 2.24) is 14.9 Å². The Kier molecular flexibility index (Phi) is 3.90. The van der Waals surface area contributed by atoms with Gasteiger partial charge in [-0.3, -0.25) is 4.79 Å². The standard InChI is InChI=1S/C19H23N3O/c23-18(12-14-9-10-14)22-11-5-4-8-17(22)19-20-13-16(21-19)15-6-2-1-3-7-15/h1-3,6-7,13-14,17H,4-5,8-12H2,(H,20,21). The molecule has 0 radical (unpaired) electrons. The molecule has 4 rings (SSSR count). The number of carbonyl (C=O) groups excluding carboxylic acids is 1. The summed E-state index contributed by atoms with van der Waals surface area (Å²) < 4.78 is 0. The summed E-state index contributed by atoms with van der Waals surface area (Å²) in [5, 5.41) is 0. The van der Waals surface area contributed by atoms with E-state index >= 15 is 0 Å². The smallest absolute Gasteiger partial charge is 0.223 e. The van der Waals surface area contributed by atoms with E-state index in [1.54, 1.807) is 0 Å². The van der Waals surface area contributed by atoms with Crippen molar-refractivity contribution < 1.29 is 4.79 Å². The minimum absolute atomic E-state index is 0.118. The third kappa shape index (κ3) is 3.16. The molecule has 1 aromatic heterocycles. The summed E-state index contributed by atoms with van der Waals surface area (Å²) >= 11 is 0. The molecule has 2 aromatic rings. The lowest BCUT2D eigenvalue weighted by Crippen LogP contribution is -2.39. The molecular weight excluding hydrogens is 286 g/mol. The maximum Gasteiger partial charge on any atom is 0.223 e. The first-order valence-electron chi connectivity index (χ1n) is 8.71. The van der Waals surface area contributed by atoms with Gasteiger partial charge in [-0.15, -0.1) is 0 Å². The fourth-order valence-corrected chi connectivity index (χ4v) is 3.47. The Morgan fingerprint density at radius 2 is 2.00 bits per heavy atom.